The van der Waals surface area contributed by atoms with E-state index in [1.807, 2.05) is 0 Å². The molecule has 22 heavy (non-hydrogen) atoms. The second-order valence-corrected chi connectivity index (χ2v) is 7.59. The van der Waals surface area contributed by atoms with Crippen molar-refractivity contribution in [2.45, 2.75) is 23.0 Å². The van der Waals surface area contributed by atoms with Crippen LogP contribution in [0.25, 0.3) is 11.3 Å². The predicted octanol–water partition coefficient (Wildman–Crippen LogP) is 2.43. The lowest BCUT2D eigenvalue weighted by Gasteiger charge is -2.08. The van der Waals surface area contributed by atoms with Crippen LogP contribution in [0.1, 0.15) is 23.3 Å². The second-order valence-electron chi connectivity index (χ2n) is 4.98. The van der Waals surface area contributed by atoms with Gasteiger partial charge in [0.15, 0.2) is 15.5 Å². The zero-order valence-corrected chi connectivity index (χ0v) is 12.8. The molecule has 1 aromatic carbocycles. The molecule has 3 rings (SSSR count). The first-order chi connectivity index (χ1) is 10.4. The Morgan fingerprint density at radius 3 is 2.55 bits per heavy atom. The third kappa shape index (κ3) is 2.69. The average Bonchev–Trinajstić information content (AvgIpc) is 3.32. The van der Waals surface area contributed by atoms with E-state index < -0.39 is 15.8 Å². The molecule has 114 valence electrons. The number of nitrogens with zero attached hydrogens (tertiary/aromatic N) is 2. The van der Waals surface area contributed by atoms with E-state index in [0.29, 0.717) is 24.1 Å². The molecule has 1 heterocycles. The van der Waals surface area contributed by atoms with Gasteiger partial charge in [0, 0.05) is 5.56 Å². The van der Waals surface area contributed by atoms with Crippen LogP contribution in [0.2, 0.25) is 5.02 Å². The van der Waals surface area contributed by atoms with Crippen molar-refractivity contribution in [2.75, 3.05) is 0 Å². The Morgan fingerprint density at radius 2 is 1.95 bits per heavy atom. The van der Waals surface area contributed by atoms with Crippen molar-refractivity contribution >= 4 is 27.4 Å². The van der Waals surface area contributed by atoms with Crippen LogP contribution in [0.4, 0.5) is 0 Å². The topological polar surface area (TPSA) is 97.2 Å². The summed E-state index contributed by atoms with van der Waals surface area (Å²) >= 11 is 6.10. The van der Waals surface area contributed by atoms with E-state index in [4.69, 9.17) is 16.7 Å². The average molecular weight is 339 g/mol. The first-order valence-electron chi connectivity index (χ1n) is 6.49. The van der Waals surface area contributed by atoms with Gasteiger partial charge in [-0.2, -0.15) is 0 Å². The fourth-order valence-electron chi connectivity index (χ4n) is 2.08. The summed E-state index contributed by atoms with van der Waals surface area (Å²) in [5.74, 6) is -1.16. The fraction of sp³-hybridized carbons (Fsp3) is 0.214. The molecule has 0 radical (unpaired) electrons. The van der Waals surface area contributed by atoms with Crippen LogP contribution in [0.3, 0.4) is 0 Å². The molecular weight excluding hydrogens is 328 g/mol. The summed E-state index contributed by atoms with van der Waals surface area (Å²) in [6.45, 7) is 0. The molecule has 1 aromatic heterocycles. The van der Waals surface area contributed by atoms with E-state index in [1.165, 1.54) is 18.2 Å². The normalized spacial score (nSPS) is 14.8. The highest BCUT2D eigenvalue weighted by Gasteiger charge is 2.38. The van der Waals surface area contributed by atoms with Gasteiger partial charge in [0.25, 0.3) is 0 Å². The van der Waals surface area contributed by atoms with Crippen LogP contribution < -0.4 is 0 Å². The molecule has 6 nitrogen and oxygen atoms in total. The molecule has 0 saturated heterocycles. The van der Waals surface area contributed by atoms with E-state index in [2.05, 4.69) is 9.97 Å². The van der Waals surface area contributed by atoms with Gasteiger partial charge in [0.1, 0.15) is 6.33 Å². The van der Waals surface area contributed by atoms with Crippen molar-refractivity contribution in [1.29, 1.82) is 0 Å². The minimum Gasteiger partial charge on any atom is -0.477 e. The Bertz CT molecular complexity index is 863. The minimum atomic E-state index is -3.38. The smallest absolute Gasteiger partial charge is 0.354 e. The van der Waals surface area contributed by atoms with Gasteiger partial charge in [-0.05, 0) is 31.0 Å². The maximum atomic E-state index is 12.2. The van der Waals surface area contributed by atoms with Gasteiger partial charge >= 0.3 is 5.97 Å². The highest BCUT2D eigenvalue weighted by Crippen LogP contribution is 2.37. The summed E-state index contributed by atoms with van der Waals surface area (Å²) < 4.78 is 24.4. The Balaban J connectivity index is 2.02. The van der Waals surface area contributed by atoms with Gasteiger partial charge in [-0.15, -0.1) is 0 Å². The van der Waals surface area contributed by atoms with Crippen molar-refractivity contribution in [3.63, 3.8) is 0 Å². The second kappa shape index (κ2) is 5.33. The van der Waals surface area contributed by atoms with Gasteiger partial charge in [-0.25, -0.2) is 23.2 Å². The molecule has 0 unspecified atom stereocenters. The van der Waals surface area contributed by atoms with Gasteiger partial charge in [0.2, 0.25) is 0 Å². The number of rotatable bonds is 4. The number of carboxylic acid groups (broad SMARTS) is 1. The van der Waals surface area contributed by atoms with Crippen LogP contribution in [0.5, 0.6) is 0 Å². The van der Waals surface area contributed by atoms with E-state index in [9.17, 15) is 13.2 Å². The Labute approximate surface area is 131 Å². The van der Waals surface area contributed by atoms with Crippen molar-refractivity contribution in [1.82, 2.24) is 9.97 Å². The van der Waals surface area contributed by atoms with E-state index >= 15 is 0 Å². The highest BCUT2D eigenvalue weighted by molar-refractivity contribution is 7.92. The standard InChI is InChI=1S/C14H11ClN2O4S/c15-10-5-8(11-6-12(14(18)19)17-7-16-11)1-4-13(10)22(20,21)9-2-3-9/h1,4-7,9H,2-3H2,(H,18,19). The minimum absolute atomic E-state index is 0.105. The molecule has 1 aliphatic carbocycles. The lowest BCUT2D eigenvalue weighted by atomic mass is 10.1. The van der Waals surface area contributed by atoms with Gasteiger partial charge in [-0.1, -0.05) is 17.7 Å². The predicted molar refractivity (Wildman–Crippen MR) is 79.6 cm³/mol. The number of aromatic carboxylic acids is 1. The zero-order chi connectivity index (χ0) is 15.9. The first kappa shape index (κ1) is 14.9. The van der Waals surface area contributed by atoms with Crippen LogP contribution in [0, 0.1) is 0 Å². The molecule has 1 saturated carbocycles. The summed E-state index contributed by atoms with van der Waals surface area (Å²) in [5.41, 5.74) is 0.755. The number of carbonyl (C=O) groups is 1. The van der Waals surface area contributed by atoms with Crippen molar-refractivity contribution in [3.05, 3.63) is 41.3 Å². The van der Waals surface area contributed by atoms with Crippen LogP contribution in [0.15, 0.2) is 35.5 Å². The van der Waals surface area contributed by atoms with E-state index in [1.54, 1.807) is 6.07 Å². The molecule has 1 aliphatic rings. The highest BCUT2D eigenvalue weighted by atomic mass is 35.5. The number of carboxylic acids is 1. The molecule has 0 aliphatic heterocycles. The van der Waals surface area contributed by atoms with Crippen molar-refractivity contribution < 1.29 is 18.3 Å². The SMILES string of the molecule is O=C(O)c1cc(-c2ccc(S(=O)(=O)C3CC3)c(Cl)c2)ncn1. The van der Waals surface area contributed by atoms with Crippen LogP contribution in [-0.4, -0.2) is 34.7 Å². The molecule has 2 aromatic rings. The monoisotopic (exact) mass is 338 g/mol. The maximum absolute atomic E-state index is 12.2. The molecule has 8 heteroatoms. The molecular formula is C14H11ClN2O4S. The van der Waals surface area contributed by atoms with Crippen molar-refractivity contribution in [3.8, 4) is 11.3 Å². The fourth-order valence-corrected chi connectivity index (χ4v) is 4.29. The first-order valence-corrected chi connectivity index (χ1v) is 8.41. The number of benzene rings is 1. The van der Waals surface area contributed by atoms with Crippen LogP contribution in [-0.2, 0) is 9.84 Å². The Morgan fingerprint density at radius 1 is 1.23 bits per heavy atom. The lowest BCUT2D eigenvalue weighted by molar-refractivity contribution is 0.0690. The Hall–Kier alpha value is -1.99. The number of halogens is 1. The number of sulfone groups is 1. The molecule has 0 amide bonds. The lowest BCUT2D eigenvalue weighted by Crippen LogP contribution is -2.07. The molecule has 1 N–H and O–H groups in total. The third-order valence-corrected chi connectivity index (χ3v) is 6.13. The molecule has 0 atom stereocenters. The van der Waals surface area contributed by atoms with Gasteiger partial charge in [0.05, 0.1) is 20.9 Å². The third-order valence-electron chi connectivity index (χ3n) is 3.38. The summed E-state index contributed by atoms with van der Waals surface area (Å²) in [6, 6.07) is 5.79. The van der Waals surface area contributed by atoms with Gasteiger partial charge < -0.3 is 5.11 Å². The summed E-state index contributed by atoms with van der Waals surface area (Å²) in [7, 11) is -3.38. The molecule has 1 fully saturated rings. The number of hydrogen-bond acceptors (Lipinski definition) is 5. The molecule has 0 spiro atoms. The van der Waals surface area contributed by atoms with Crippen LogP contribution >= 0.6 is 11.6 Å². The van der Waals surface area contributed by atoms with E-state index in [0.717, 1.165) is 6.33 Å². The summed E-state index contributed by atoms with van der Waals surface area (Å²) in [4.78, 5) is 18.7. The maximum Gasteiger partial charge on any atom is 0.354 e. The number of hydrogen-bond donors (Lipinski definition) is 1. The zero-order valence-electron chi connectivity index (χ0n) is 11.2. The Kier molecular flexibility index (Phi) is 3.62. The number of aromatic nitrogens is 2. The largest absolute Gasteiger partial charge is 0.477 e. The van der Waals surface area contributed by atoms with E-state index in [-0.39, 0.29) is 20.9 Å². The summed E-state index contributed by atoms with van der Waals surface area (Å²) in [5, 5.41) is 8.71. The van der Waals surface area contributed by atoms with Crippen molar-refractivity contribution in [2.24, 2.45) is 0 Å². The van der Waals surface area contributed by atoms with Gasteiger partial charge in [-0.3, -0.25) is 0 Å². The summed E-state index contributed by atoms with van der Waals surface area (Å²) in [6.07, 6.45) is 2.46. The molecule has 0 bridgehead atoms. The quantitative estimate of drug-likeness (QED) is 0.919.